The molecule has 1 amide bonds. The lowest BCUT2D eigenvalue weighted by molar-refractivity contribution is 0.0923. The van der Waals surface area contributed by atoms with Gasteiger partial charge in [0.15, 0.2) is 0 Å². The third-order valence-corrected chi connectivity index (χ3v) is 3.79. The highest BCUT2D eigenvalue weighted by Gasteiger charge is 2.25. The summed E-state index contributed by atoms with van der Waals surface area (Å²) in [5.41, 5.74) is 7.20. The molecular formula is C14H21N3O. The lowest BCUT2D eigenvalue weighted by Crippen LogP contribution is -2.44. The molecule has 1 unspecified atom stereocenters. The van der Waals surface area contributed by atoms with Crippen molar-refractivity contribution in [1.29, 1.82) is 0 Å². The topological polar surface area (TPSA) is 68.0 Å². The third kappa shape index (κ3) is 2.88. The number of nitrogens with two attached hydrogens (primary N) is 1. The van der Waals surface area contributed by atoms with Gasteiger partial charge in [0, 0.05) is 24.5 Å². The summed E-state index contributed by atoms with van der Waals surface area (Å²) in [4.78, 5) is 16.3. The van der Waals surface area contributed by atoms with E-state index in [1.165, 1.54) is 25.7 Å². The van der Waals surface area contributed by atoms with E-state index in [1.807, 2.05) is 6.92 Å². The Labute approximate surface area is 108 Å². The predicted molar refractivity (Wildman–Crippen MR) is 71.2 cm³/mol. The summed E-state index contributed by atoms with van der Waals surface area (Å²) in [7, 11) is 0. The van der Waals surface area contributed by atoms with Gasteiger partial charge >= 0.3 is 0 Å². The first kappa shape index (κ1) is 13.0. The summed E-state index contributed by atoms with van der Waals surface area (Å²) in [5.74, 6) is 0.485. The maximum Gasteiger partial charge on any atom is 0.253 e. The molecule has 4 heteroatoms. The molecule has 2 rings (SSSR count). The summed E-state index contributed by atoms with van der Waals surface area (Å²) in [6.07, 6.45) is 6.55. The fraction of sp³-hybridized carbons (Fsp3) is 0.571. The summed E-state index contributed by atoms with van der Waals surface area (Å²) < 4.78 is 0. The molecule has 0 aliphatic heterocycles. The number of pyridine rings is 1. The second-order valence-corrected chi connectivity index (χ2v) is 5.00. The normalized spacial score (nSPS) is 17.7. The van der Waals surface area contributed by atoms with Crippen molar-refractivity contribution in [1.82, 2.24) is 10.3 Å². The quantitative estimate of drug-likeness (QED) is 0.850. The standard InChI is InChI=1S/C14H21N3O/c1-10-12(7-4-8-16-10)14(18)17-13(9-15)11-5-2-3-6-11/h4,7-8,11,13H,2-3,5-6,9,15H2,1H3,(H,17,18). The number of nitrogens with zero attached hydrogens (tertiary/aromatic N) is 1. The minimum Gasteiger partial charge on any atom is -0.348 e. The first-order chi connectivity index (χ1) is 8.72. The van der Waals surface area contributed by atoms with Crippen molar-refractivity contribution in [3.8, 4) is 0 Å². The van der Waals surface area contributed by atoms with Crippen LogP contribution in [0.3, 0.4) is 0 Å². The van der Waals surface area contributed by atoms with Crippen molar-refractivity contribution in [2.75, 3.05) is 6.54 Å². The van der Waals surface area contributed by atoms with Gasteiger partial charge in [-0.05, 0) is 37.8 Å². The molecule has 1 aromatic heterocycles. The number of hydrogen-bond acceptors (Lipinski definition) is 3. The number of hydrogen-bond donors (Lipinski definition) is 2. The number of carbonyl (C=O) groups excluding carboxylic acids is 1. The average Bonchev–Trinajstić information content (AvgIpc) is 2.90. The number of nitrogens with one attached hydrogen (secondary N) is 1. The van der Waals surface area contributed by atoms with Gasteiger partial charge in [0.2, 0.25) is 0 Å². The van der Waals surface area contributed by atoms with E-state index in [-0.39, 0.29) is 11.9 Å². The van der Waals surface area contributed by atoms with E-state index in [1.54, 1.807) is 18.3 Å². The lowest BCUT2D eigenvalue weighted by atomic mass is 9.98. The van der Waals surface area contributed by atoms with Crippen molar-refractivity contribution in [3.05, 3.63) is 29.6 Å². The molecule has 1 atom stereocenters. The summed E-state index contributed by atoms with van der Waals surface area (Å²) in [6, 6.07) is 3.69. The molecule has 4 nitrogen and oxygen atoms in total. The maximum atomic E-state index is 12.2. The van der Waals surface area contributed by atoms with E-state index in [0.717, 1.165) is 5.69 Å². The average molecular weight is 247 g/mol. The van der Waals surface area contributed by atoms with Crippen molar-refractivity contribution >= 4 is 5.91 Å². The van der Waals surface area contributed by atoms with Crippen molar-refractivity contribution in [2.24, 2.45) is 11.7 Å². The highest BCUT2D eigenvalue weighted by atomic mass is 16.1. The van der Waals surface area contributed by atoms with Crippen LogP contribution in [0.1, 0.15) is 41.7 Å². The molecule has 98 valence electrons. The second kappa shape index (κ2) is 5.96. The molecule has 1 aromatic rings. The van der Waals surface area contributed by atoms with E-state index in [4.69, 9.17) is 5.73 Å². The Hall–Kier alpha value is -1.42. The van der Waals surface area contributed by atoms with Crippen molar-refractivity contribution in [3.63, 3.8) is 0 Å². The van der Waals surface area contributed by atoms with Gasteiger partial charge in [0.1, 0.15) is 0 Å². The van der Waals surface area contributed by atoms with Gasteiger partial charge in [-0.15, -0.1) is 0 Å². The van der Waals surface area contributed by atoms with Crippen LogP contribution in [0, 0.1) is 12.8 Å². The molecule has 1 aliphatic carbocycles. The van der Waals surface area contributed by atoms with Crippen LogP contribution in [-0.4, -0.2) is 23.5 Å². The fourth-order valence-electron chi connectivity index (χ4n) is 2.70. The molecular weight excluding hydrogens is 226 g/mol. The molecule has 0 spiro atoms. The van der Waals surface area contributed by atoms with Gasteiger partial charge in [0.25, 0.3) is 5.91 Å². The summed E-state index contributed by atoms with van der Waals surface area (Å²) in [5, 5.41) is 3.06. The Bertz CT molecular complexity index is 413. The van der Waals surface area contributed by atoms with Crippen molar-refractivity contribution < 1.29 is 4.79 Å². The molecule has 0 aromatic carbocycles. The van der Waals surface area contributed by atoms with Crippen LogP contribution in [0.25, 0.3) is 0 Å². The summed E-state index contributed by atoms with van der Waals surface area (Å²) >= 11 is 0. The zero-order valence-electron chi connectivity index (χ0n) is 10.9. The van der Waals surface area contributed by atoms with E-state index in [9.17, 15) is 4.79 Å². The molecule has 3 N–H and O–H groups in total. The molecule has 0 bridgehead atoms. The zero-order chi connectivity index (χ0) is 13.0. The molecule has 1 heterocycles. The zero-order valence-corrected chi connectivity index (χ0v) is 10.9. The Balaban J connectivity index is 2.03. The molecule has 1 saturated carbocycles. The number of rotatable bonds is 4. The number of aryl methyl sites for hydroxylation is 1. The van der Waals surface area contributed by atoms with E-state index in [0.29, 0.717) is 18.0 Å². The Morgan fingerprint density at radius 3 is 2.89 bits per heavy atom. The van der Waals surface area contributed by atoms with Gasteiger partial charge in [-0.25, -0.2) is 0 Å². The number of carbonyl (C=O) groups is 1. The van der Waals surface area contributed by atoms with Gasteiger partial charge in [-0.2, -0.15) is 0 Å². The molecule has 18 heavy (non-hydrogen) atoms. The fourth-order valence-corrected chi connectivity index (χ4v) is 2.70. The lowest BCUT2D eigenvalue weighted by Gasteiger charge is -2.23. The van der Waals surface area contributed by atoms with E-state index < -0.39 is 0 Å². The Morgan fingerprint density at radius 1 is 1.56 bits per heavy atom. The smallest absolute Gasteiger partial charge is 0.253 e. The largest absolute Gasteiger partial charge is 0.348 e. The highest BCUT2D eigenvalue weighted by Crippen LogP contribution is 2.27. The van der Waals surface area contributed by atoms with Gasteiger partial charge in [0.05, 0.1) is 5.56 Å². The van der Waals surface area contributed by atoms with Crippen LogP contribution < -0.4 is 11.1 Å². The minimum absolute atomic E-state index is 0.0528. The van der Waals surface area contributed by atoms with Crippen molar-refractivity contribution in [2.45, 2.75) is 38.6 Å². The molecule has 0 saturated heterocycles. The van der Waals surface area contributed by atoms with Gasteiger partial charge < -0.3 is 11.1 Å². The molecule has 1 fully saturated rings. The Morgan fingerprint density at radius 2 is 2.28 bits per heavy atom. The van der Waals surface area contributed by atoms with E-state index in [2.05, 4.69) is 10.3 Å². The van der Waals surface area contributed by atoms with Gasteiger partial charge in [-0.3, -0.25) is 9.78 Å². The number of amides is 1. The van der Waals surface area contributed by atoms with Gasteiger partial charge in [-0.1, -0.05) is 12.8 Å². The van der Waals surface area contributed by atoms with E-state index >= 15 is 0 Å². The van der Waals surface area contributed by atoms with Crippen LogP contribution in [0.5, 0.6) is 0 Å². The highest BCUT2D eigenvalue weighted by molar-refractivity contribution is 5.95. The monoisotopic (exact) mass is 247 g/mol. The van der Waals surface area contributed by atoms with Crippen LogP contribution >= 0.6 is 0 Å². The van der Waals surface area contributed by atoms with Crippen LogP contribution in [0.4, 0.5) is 0 Å². The SMILES string of the molecule is Cc1ncccc1C(=O)NC(CN)C1CCCC1. The molecule has 1 aliphatic rings. The Kier molecular flexibility index (Phi) is 4.31. The second-order valence-electron chi connectivity index (χ2n) is 5.00. The molecule has 0 radical (unpaired) electrons. The van der Waals surface area contributed by atoms with Crippen LogP contribution in [0.2, 0.25) is 0 Å². The van der Waals surface area contributed by atoms with Crippen LogP contribution in [-0.2, 0) is 0 Å². The predicted octanol–water partition coefficient (Wildman–Crippen LogP) is 1.64. The first-order valence-electron chi connectivity index (χ1n) is 6.65. The number of aromatic nitrogens is 1. The summed E-state index contributed by atoms with van der Waals surface area (Å²) in [6.45, 7) is 2.36. The first-order valence-corrected chi connectivity index (χ1v) is 6.65. The third-order valence-electron chi connectivity index (χ3n) is 3.79. The minimum atomic E-state index is -0.0528. The van der Waals surface area contributed by atoms with Crippen LogP contribution in [0.15, 0.2) is 18.3 Å². The maximum absolute atomic E-state index is 12.2.